The molecule has 0 unspecified atom stereocenters. The first-order chi connectivity index (χ1) is 13.2. The fourth-order valence-electron chi connectivity index (χ4n) is 3.50. The van der Waals surface area contributed by atoms with Gasteiger partial charge in [0.05, 0.1) is 6.04 Å². The molecule has 1 saturated heterocycles. The van der Waals surface area contributed by atoms with Crippen molar-refractivity contribution in [3.8, 4) is 0 Å². The Bertz CT molecular complexity index is 723. The minimum atomic E-state index is 0.105. The van der Waals surface area contributed by atoms with Gasteiger partial charge in [-0.15, -0.1) is 11.8 Å². The zero-order valence-corrected chi connectivity index (χ0v) is 18.2. The molecular weight excluding hydrogens is 420 g/mol. The van der Waals surface area contributed by atoms with Gasteiger partial charge in [-0.05, 0) is 42.8 Å². The third-order valence-corrected chi connectivity index (χ3v) is 6.56. The normalized spacial score (nSPS) is 17.0. The van der Waals surface area contributed by atoms with Crippen LogP contribution in [0.25, 0.3) is 0 Å². The van der Waals surface area contributed by atoms with Crippen LogP contribution in [0, 0.1) is 0 Å². The number of hydrogen-bond acceptors (Lipinski definition) is 3. The Morgan fingerprint density at radius 1 is 1.04 bits per heavy atom. The second-order valence-corrected chi connectivity index (χ2v) is 8.88. The van der Waals surface area contributed by atoms with Gasteiger partial charge in [-0.2, -0.15) is 0 Å². The Labute approximate surface area is 175 Å². The van der Waals surface area contributed by atoms with Gasteiger partial charge in [-0.25, -0.2) is 0 Å². The van der Waals surface area contributed by atoms with Gasteiger partial charge in [-0.3, -0.25) is 4.79 Å². The van der Waals surface area contributed by atoms with E-state index in [-0.39, 0.29) is 11.9 Å². The Balaban J connectivity index is 1.77. The minimum Gasteiger partial charge on any atom is -0.333 e. The minimum absolute atomic E-state index is 0.105. The summed E-state index contributed by atoms with van der Waals surface area (Å²) >= 11 is 5.31. The van der Waals surface area contributed by atoms with Crippen LogP contribution in [0.15, 0.2) is 64.0 Å². The number of halogens is 1. The van der Waals surface area contributed by atoms with E-state index in [9.17, 15) is 4.79 Å². The van der Waals surface area contributed by atoms with Gasteiger partial charge in [0.2, 0.25) is 5.91 Å². The summed E-state index contributed by atoms with van der Waals surface area (Å²) in [5.41, 5.74) is 1.22. The number of benzene rings is 2. The average Bonchev–Trinajstić information content (AvgIpc) is 2.87. The van der Waals surface area contributed by atoms with Crippen molar-refractivity contribution in [2.75, 3.05) is 31.9 Å². The molecule has 2 aromatic rings. The molecule has 0 radical (unpaired) electrons. The average molecular weight is 447 g/mol. The number of rotatable bonds is 7. The molecule has 2 aromatic carbocycles. The summed E-state index contributed by atoms with van der Waals surface area (Å²) in [6.07, 6.45) is 1.75. The van der Waals surface area contributed by atoms with E-state index in [0.29, 0.717) is 6.42 Å². The lowest BCUT2D eigenvalue weighted by Gasteiger charge is -2.31. The van der Waals surface area contributed by atoms with E-state index in [4.69, 9.17) is 0 Å². The summed E-state index contributed by atoms with van der Waals surface area (Å²) in [5, 5.41) is 0. The highest BCUT2D eigenvalue weighted by Gasteiger charge is 2.28. The van der Waals surface area contributed by atoms with Crippen molar-refractivity contribution >= 4 is 33.6 Å². The monoisotopic (exact) mass is 446 g/mol. The predicted octanol–water partition coefficient (Wildman–Crippen LogP) is 5.23. The molecule has 3 nitrogen and oxygen atoms in total. The molecular formula is C22H27BrN2OS. The fraction of sp³-hybridized carbons (Fsp3) is 0.409. The molecule has 3 rings (SSSR count). The molecule has 0 aromatic heterocycles. The van der Waals surface area contributed by atoms with E-state index < -0.39 is 0 Å². The number of thioether (sulfide) groups is 1. The summed E-state index contributed by atoms with van der Waals surface area (Å²) in [4.78, 5) is 18.7. The molecule has 27 heavy (non-hydrogen) atoms. The zero-order valence-electron chi connectivity index (χ0n) is 15.8. The van der Waals surface area contributed by atoms with Crippen molar-refractivity contribution in [1.29, 1.82) is 0 Å². The van der Waals surface area contributed by atoms with Crippen LogP contribution in [0.1, 0.15) is 31.4 Å². The van der Waals surface area contributed by atoms with Gasteiger partial charge in [0.25, 0.3) is 0 Å². The molecule has 1 aliphatic heterocycles. The third kappa shape index (κ3) is 5.84. The zero-order chi connectivity index (χ0) is 19.1. The molecule has 0 bridgehead atoms. The van der Waals surface area contributed by atoms with E-state index in [0.717, 1.165) is 42.8 Å². The van der Waals surface area contributed by atoms with Crippen LogP contribution in [-0.2, 0) is 4.79 Å². The first-order valence-electron chi connectivity index (χ1n) is 9.62. The molecule has 0 aliphatic carbocycles. The Kier molecular flexibility index (Phi) is 7.80. The number of carbonyl (C=O) groups excluding carboxylic acids is 1. The summed E-state index contributed by atoms with van der Waals surface area (Å²) in [6.45, 7) is 5.92. The van der Waals surface area contributed by atoms with Gasteiger partial charge in [-0.1, -0.05) is 53.2 Å². The summed E-state index contributed by atoms with van der Waals surface area (Å²) in [5.74, 6) is 1.14. The first-order valence-corrected chi connectivity index (χ1v) is 11.4. The van der Waals surface area contributed by atoms with Crippen molar-refractivity contribution in [2.24, 2.45) is 0 Å². The summed E-state index contributed by atoms with van der Waals surface area (Å²) in [6, 6.07) is 19.0. The molecule has 144 valence electrons. The van der Waals surface area contributed by atoms with Gasteiger partial charge >= 0.3 is 0 Å². The van der Waals surface area contributed by atoms with Crippen LogP contribution >= 0.6 is 27.7 Å². The second kappa shape index (κ2) is 10.3. The maximum Gasteiger partial charge on any atom is 0.224 e. The van der Waals surface area contributed by atoms with Crippen molar-refractivity contribution in [3.63, 3.8) is 0 Å². The highest BCUT2D eigenvalue weighted by atomic mass is 79.9. The number of hydrogen-bond donors (Lipinski definition) is 0. The Morgan fingerprint density at radius 2 is 1.78 bits per heavy atom. The molecule has 1 atom stereocenters. The van der Waals surface area contributed by atoms with Crippen LogP contribution in [0.5, 0.6) is 0 Å². The molecule has 1 amide bonds. The smallest absolute Gasteiger partial charge is 0.224 e. The van der Waals surface area contributed by atoms with E-state index in [1.54, 1.807) is 0 Å². The lowest BCUT2D eigenvalue weighted by atomic mass is 10.1. The van der Waals surface area contributed by atoms with E-state index in [2.05, 4.69) is 81.2 Å². The maximum absolute atomic E-state index is 12.9. The maximum atomic E-state index is 12.9. The topological polar surface area (TPSA) is 23.6 Å². The Hall–Kier alpha value is -1.30. The van der Waals surface area contributed by atoms with E-state index in [1.165, 1.54) is 10.5 Å². The summed E-state index contributed by atoms with van der Waals surface area (Å²) < 4.78 is 1.09. The molecule has 1 heterocycles. The molecule has 0 N–H and O–H groups in total. The molecule has 5 heteroatoms. The summed E-state index contributed by atoms with van der Waals surface area (Å²) in [7, 11) is 0. The van der Waals surface area contributed by atoms with Crippen LogP contribution in [0.4, 0.5) is 0 Å². The largest absolute Gasteiger partial charge is 0.333 e. The van der Waals surface area contributed by atoms with Crippen molar-refractivity contribution in [1.82, 2.24) is 9.80 Å². The lowest BCUT2D eigenvalue weighted by molar-refractivity contribution is -0.132. The molecule has 0 saturated carbocycles. The molecule has 1 aliphatic rings. The second-order valence-electron chi connectivity index (χ2n) is 6.87. The van der Waals surface area contributed by atoms with Crippen LogP contribution in [0.3, 0.4) is 0 Å². The van der Waals surface area contributed by atoms with Gasteiger partial charge in [0, 0.05) is 41.2 Å². The fourth-order valence-corrected chi connectivity index (χ4v) is 4.82. The lowest BCUT2D eigenvalue weighted by Crippen LogP contribution is -2.37. The van der Waals surface area contributed by atoms with Gasteiger partial charge in [0.1, 0.15) is 0 Å². The van der Waals surface area contributed by atoms with E-state index >= 15 is 0 Å². The predicted molar refractivity (Wildman–Crippen MR) is 117 cm³/mol. The van der Waals surface area contributed by atoms with Gasteiger partial charge < -0.3 is 9.80 Å². The van der Waals surface area contributed by atoms with Crippen molar-refractivity contribution < 1.29 is 4.79 Å². The Morgan fingerprint density at radius 3 is 2.48 bits per heavy atom. The van der Waals surface area contributed by atoms with Crippen LogP contribution in [-0.4, -0.2) is 47.6 Å². The van der Waals surface area contributed by atoms with Crippen molar-refractivity contribution in [2.45, 2.75) is 30.7 Å². The first kappa shape index (κ1) is 20.4. The number of carbonyl (C=O) groups is 1. The SMILES string of the molecule is CCCN1CCC(=O)N([C@@H](CSc2ccc(Br)cc2)c2ccccc2)CC1. The number of amides is 1. The van der Waals surface area contributed by atoms with Crippen LogP contribution < -0.4 is 0 Å². The quantitative estimate of drug-likeness (QED) is 0.544. The highest BCUT2D eigenvalue weighted by molar-refractivity contribution is 9.10. The standard InChI is InChI=1S/C22H27BrN2OS/c1-2-13-24-14-12-22(26)25(16-15-24)21(18-6-4-3-5-7-18)17-27-20-10-8-19(23)9-11-20/h3-11,21H,2,12-17H2,1H3/t21-/m0/s1. The van der Waals surface area contributed by atoms with E-state index in [1.807, 2.05) is 17.8 Å². The molecule has 0 spiro atoms. The highest BCUT2D eigenvalue weighted by Crippen LogP contribution is 2.31. The molecule has 1 fully saturated rings. The van der Waals surface area contributed by atoms with Crippen LogP contribution in [0.2, 0.25) is 0 Å². The van der Waals surface area contributed by atoms with Crippen molar-refractivity contribution in [3.05, 3.63) is 64.6 Å². The third-order valence-electron chi connectivity index (χ3n) is 4.94. The number of nitrogens with zero attached hydrogens (tertiary/aromatic N) is 2. The van der Waals surface area contributed by atoms with Gasteiger partial charge in [0.15, 0.2) is 0 Å².